The first-order valence-corrected chi connectivity index (χ1v) is 4.82. The number of hydrogen-bond acceptors (Lipinski definition) is 4. The largest absolute Gasteiger partial charge is 0.508 e. The van der Waals surface area contributed by atoms with E-state index in [1.165, 1.54) is 12.1 Å². The van der Waals surface area contributed by atoms with Crippen molar-refractivity contribution >= 4 is 17.3 Å². The Balaban J connectivity index is 2.78. The highest BCUT2D eigenvalue weighted by molar-refractivity contribution is 5.83. The molecule has 4 nitrogen and oxygen atoms in total. The second-order valence-corrected chi connectivity index (χ2v) is 3.60. The number of carbonyl (C=O) groups excluding carboxylic acids is 1. The summed E-state index contributed by atoms with van der Waals surface area (Å²) in [5, 5.41) is 10.3. The Morgan fingerprint density at radius 3 is 2.81 bits per heavy atom. The summed E-state index contributed by atoms with van der Waals surface area (Å²) in [6.45, 7) is 1.78. The zero-order valence-corrected chi connectivity index (χ0v) is 8.69. The van der Waals surface area contributed by atoms with Crippen LogP contribution in [0.1, 0.15) is 11.1 Å². The third kappa shape index (κ3) is 1.69. The van der Waals surface area contributed by atoms with Gasteiger partial charge in [-0.3, -0.25) is 0 Å². The summed E-state index contributed by atoms with van der Waals surface area (Å²) in [5.74, 6) is -0.0339. The van der Waals surface area contributed by atoms with Crippen LogP contribution in [0.3, 0.4) is 0 Å². The normalized spacial score (nSPS) is 10.6. The Kier molecular flexibility index (Phi) is 2.48. The number of rotatable bonds is 2. The molecule has 0 aliphatic carbocycles. The zero-order valence-electron chi connectivity index (χ0n) is 8.69. The van der Waals surface area contributed by atoms with Crippen LogP contribution < -0.4 is 5.63 Å². The zero-order chi connectivity index (χ0) is 11.7. The third-order valence-electron chi connectivity index (χ3n) is 2.45. The second-order valence-electron chi connectivity index (χ2n) is 3.60. The number of phenols is 1. The first-order chi connectivity index (χ1) is 7.61. The topological polar surface area (TPSA) is 67.5 Å². The monoisotopic (exact) mass is 218 g/mol. The van der Waals surface area contributed by atoms with Gasteiger partial charge in [0, 0.05) is 29.5 Å². The second kappa shape index (κ2) is 3.81. The average molecular weight is 218 g/mol. The molecule has 1 aromatic carbocycles. The van der Waals surface area contributed by atoms with Gasteiger partial charge in [0.05, 0.1) is 0 Å². The minimum atomic E-state index is -0.451. The first kappa shape index (κ1) is 10.4. The predicted molar refractivity (Wildman–Crippen MR) is 58.7 cm³/mol. The maximum Gasteiger partial charge on any atom is 0.336 e. The van der Waals surface area contributed by atoms with Crippen LogP contribution in [0.2, 0.25) is 0 Å². The summed E-state index contributed by atoms with van der Waals surface area (Å²) in [5.41, 5.74) is 1.17. The Labute approximate surface area is 91.1 Å². The minimum absolute atomic E-state index is 0.0339. The third-order valence-corrected chi connectivity index (χ3v) is 2.45. The molecule has 0 aliphatic heterocycles. The summed E-state index contributed by atoms with van der Waals surface area (Å²) >= 11 is 0. The van der Waals surface area contributed by atoms with Gasteiger partial charge in [-0.1, -0.05) is 0 Å². The summed E-state index contributed by atoms with van der Waals surface area (Å²) in [4.78, 5) is 21.5. The van der Waals surface area contributed by atoms with Crippen LogP contribution in [0.4, 0.5) is 0 Å². The van der Waals surface area contributed by atoms with Gasteiger partial charge in [-0.15, -0.1) is 0 Å². The molecule has 2 aromatic rings. The molecule has 0 amide bonds. The fraction of sp³-hybridized carbons (Fsp3) is 0.167. The van der Waals surface area contributed by atoms with E-state index in [0.717, 1.165) is 17.2 Å². The van der Waals surface area contributed by atoms with E-state index < -0.39 is 5.63 Å². The smallest absolute Gasteiger partial charge is 0.336 e. The number of carbonyl (C=O) groups is 1. The van der Waals surface area contributed by atoms with Crippen LogP contribution in [0, 0.1) is 6.92 Å². The van der Waals surface area contributed by atoms with Gasteiger partial charge in [0.15, 0.2) is 0 Å². The molecule has 0 aliphatic rings. The molecule has 1 N–H and O–H groups in total. The molecule has 0 spiro atoms. The van der Waals surface area contributed by atoms with Crippen molar-refractivity contribution in [1.29, 1.82) is 0 Å². The molecule has 0 atom stereocenters. The molecule has 0 radical (unpaired) electrons. The van der Waals surface area contributed by atoms with E-state index in [-0.39, 0.29) is 12.2 Å². The predicted octanol–water partition coefficient (Wildman–Crippen LogP) is 1.55. The Hall–Kier alpha value is -2.10. The lowest BCUT2D eigenvalue weighted by atomic mass is 10.1. The van der Waals surface area contributed by atoms with E-state index in [4.69, 9.17) is 4.42 Å². The van der Waals surface area contributed by atoms with Crippen molar-refractivity contribution in [2.75, 3.05) is 0 Å². The number of hydrogen-bond donors (Lipinski definition) is 1. The fourth-order valence-corrected chi connectivity index (χ4v) is 1.65. The number of fused-ring (bicyclic) bond motifs is 1. The molecule has 0 fully saturated rings. The van der Waals surface area contributed by atoms with Gasteiger partial charge in [0.1, 0.15) is 17.6 Å². The molecule has 16 heavy (non-hydrogen) atoms. The van der Waals surface area contributed by atoms with Gasteiger partial charge in [0.2, 0.25) is 0 Å². The SMILES string of the molecule is Cc1cc(=O)oc2cc(O)c(CC=O)cc12. The van der Waals surface area contributed by atoms with Gasteiger partial charge in [-0.05, 0) is 18.6 Å². The van der Waals surface area contributed by atoms with Crippen LogP contribution in [0.15, 0.2) is 27.4 Å². The van der Waals surface area contributed by atoms with Gasteiger partial charge >= 0.3 is 5.63 Å². The molecular weight excluding hydrogens is 208 g/mol. The molecule has 0 unspecified atom stereocenters. The molecule has 0 bridgehead atoms. The summed E-state index contributed by atoms with van der Waals surface area (Å²) in [7, 11) is 0. The first-order valence-electron chi connectivity index (χ1n) is 4.82. The van der Waals surface area contributed by atoms with Gasteiger partial charge in [-0.2, -0.15) is 0 Å². The molecule has 1 aromatic heterocycles. The summed E-state index contributed by atoms with van der Waals surface area (Å²) in [6, 6.07) is 4.41. The van der Waals surface area contributed by atoms with E-state index in [1.54, 1.807) is 13.0 Å². The van der Waals surface area contributed by atoms with Crippen LogP contribution in [-0.2, 0) is 11.2 Å². The molecule has 0 saturated heterocycles. The average Bonchev–Trinajstić information content (AvgIpc) is 2.20. The van der Waals surface area contributed by atoms with E-state index in [2.05, 4.69) is 0 Å². The van der Waals surface area contributed by atoms with Gasteiger partial charge < -0.3 is 14.3 Å². The van der Waals surface area contributed by atoms with Gasteiger partial charge in [0.25, 0.3) is 0 Å². The number of benzene rings is 1. The fourth-order valence-electron chi connectivity index (χ4n) is 1.65. The van der Waals surface area contributed by atoms with Crippen LogP contribution in [0.25, 0.3) is 11.0 Å². The van der Waals surface area contributed by atoms with Crippen molar-refractivity contribution in [3.8, 4) is 5.75 Å². The number of aldehydes is 1. The maximum atomic E-state index is 11.1. The molecule has 0 saturated carbocycles. The van der Waals surface area contributed by atoms with Crippen molar-refractivity contribution in [2.45, 2.75) is 13.3 Å². The molecule has 82 valence electrons. The van der Waals surface area contributed by atoms with Gasteiger partial charge in [-0.25, -0.2) is 4.79 Å². The van der Waals surface area contributed by atoms with Crippen molar-refractivity contribution in [3.63, 3.8) is 0 Å². The molecule has 2 rings (SSSR count). The highest BCUT2D eigenvalue weighted by Gasteiger charge is 2.08. The summed E-state index contributed by atoms with van der Waals surface area (Å²) in [6.07, 6.45) is 0.857. The van der Waals surface area contributed by atoms with Crippen molar-refractivity contribution in [2.24, 2.45) is 0 Å². The maximum absolute atomic E-state index is 11.1. The van der Waals surface area contributed by atoms with Crippen LogP contribution in [0.5, 0.6) is 5.75 Å². The highest BCUT2D eigenvalue weighted by atomic mass is 16.4. The Morgan fingerprint density at radius 2 is 2.12 bits per heavy atom. The lowest BCUT2D eigenvalue weighted by Gasteiger charge is -2.05. The van der Waals surface area contributed by atoms with E-state index >= 15 is 0 Å². The van der Waals surface area contributed by atoms with Crippen molar-refractivity contribution in [1.82, 2.24) is 0 Å². The van der Waals surface area contributed by atoms with E-state index in [9.17, 15) is 14.7 Å². The minimum Gasteiger partial charge on any atom is -0.508 e. The lowest BCUT2D eigenvalue weighted by molar-refractivity contribution is -0.107. The van der Waals surface area contributed by atoms with Crippen LogP contribution >= 0.6 is 0 Å². The van der Waals surface area contributed by atoms with Crippen LogP contribution in [-0.4, -0.2) is 11.4 Å². The number of aromatic hydroxyl groups is 1. The number of aryl methyl sites for hydroxylation is 1. The molecule has 1 heterocycles. The van der Waals surface area contributed by atoms with E-state index in [1.807, 2.05) is 0 Å². The standard InChI is InChI=1S/C12H10O4/c1-7-4-12(15)16-11-6-10(14)8(2-3-13)5-9(7)11/h3-6,14H,2H2,1H3. The Bertz CT molecular complexity index is 610. The van der Waals surface area contributed by atoms with Crippen molar-refractivity contribution in [3.05, 3.63) is 39.7 Å². The van der Waals surface area contributed by atoms with Crippen molar-refractivity contribution < 1.29 is 14.3 Å². The highest BCUT2D eigenvalue weighted by Crippen LogP contribution is 2.26. The quantitative estimate of drug-likeness (QED) is 0.613. The van der Waals surface area contributed by atoms with E-state index in [0.29, 0.717) is 11.1 Å². The lowest BCUT2D eigenvalue weighted by Crippen LogP contribution is -1.98. The summed E-state index contributed by atoms with van der Waals surface area (Å²) < 4.78 is 4.95. The molecular formula is C12H10O4. The molecule has 4 heteroatoms. The number of phenolic OH excluding ortho intramolecular Hbond substituents is 1. The Morgan fingerprint density at radius 1 is 1.38 bits per heavy atom.